The standard InChI is InChI=1S/C35H46F5N7O2/c1-16-17(2)19(4)25(36)24(18(16)3)32(9,10)47-29(27-20(5)23(8)49-44-27)21(6)28(43-47)30-41-22(7)26(37)31(42-30)46(15)33(11,12)34(48,45(13)14)35(38,39)40/h48H,1-15H3. The van der Waals surface area contributed by atoms with E-state index in [0.717, 1.165) is 49.5 Å². The molecule has 0 saturated carbocycles. The van der Waals surface area contributed by atoms with Crippen molar-refractivity contribution < 1.29 is 31.6 Å². The number of halogens is 5. The lowest BCUT2D eigenvalue weighted by molar-refractivity contribution is -0.328. The molecule has 1 atom stereocenters. The van der Waals surface area contributed by atoms with Crippen molar-refractivity contribution in [3.8, 4) is 22.9 Å². The second kappa shape index (κ2) is 12.1. The van der Waals surface area contributed by atoms with Gasteiger partial charge in [-0.25, -0.2) is 18.7 Å². The molecule has 0 amide bonds. The predicted octanol–water partition coefficient (Wildman–Crippen LogP) is 7.55. The monoisotopic (exact) mass is 691 g/mol. The van der Waals surface area contributed by atoms with E-state index in [2.05, 4.69) is 15.1 Å². The number of aliphatic hydroxyl groups is 1. The van der Waals surface area contributed by atoms with E-state index in [-0.39, 0.29) is 23.0 Å². The van der Waals surface area contributed by atoms with Crippen molar-refractivity contribution in [2.45, 2.75) is 106 Å². The maximum atomic E-state index is 16.3. The lowest BCUT2D eigenvalue weighted by Crippen LogP contribution is -2.73. The largest absolute Gasteiger partial charge is 0.433 e. The van der Waals surface area contributed by atoms with Crippen LogP contribution >= 0.6 is 0 Å². The molecular formula is C35H46F5N7O2. The lowest BCUT2D eigenvalue weighted by atomic mass is 9.83. The third-order valence-electron chi connectivity index (χ3n) is 10.5. The number of aromatic nitrogens is 5. The van der Waals surface area contributed by atoms with Gasteiger partial charge < -0.3 is 14.5 Å². The summed E-state index contributed by atoms with van der Waals surface area (Å²) < 4.78 is 82.6. The van der Waals surface area contributed by atoms with Gasteiger partial charge in [0.15, 0.2) is 17.5 Å². The maximum Gasteiger partial charge on any atom is 0.433 e. The fourth-order valence-electron chi connectivity index (χ4n) is 6.65. The fraction of sp³-hybridized carbons (Fsp3) is 0.543. The molecule has 4 rings (SSSR count). The molecule has 0 bridgehead atoms. The van der Waals surface area contributed by atoms with Crippen molar-refractivity contribution in [1.82, 2.24) is 29.8 Å². The van der Waals surface area contributed by atoms with Gasteiger partial charge in [0.25, 0.3) is 0 Å². The molecule has 1 aromatic carbocycles. The van der Waals surface area contributed by atoms with Gasteiger partial charge in [-0.1, -0.05) is 5.16 Å². The average molecular weight is 692 g/mol. The van der Waals surface area contributed by atoms with Crippen LogP contribution < -0.4 is 4.90 Å². The van der Waals surface area contributed by atoms with Crippen LogP contribution in [0.3, 0.4) is 0 Å². The fourth-order valence-corrected chi connectivity index (χ4v) is 6.65. The molecule has 0 aliphatic heterocycles. The third kappa shape index (κ3) is 5.51. The second-order valence-corrected chi connectivity index (χ2v) is 14.1. The van der Waals surface area contributed by atoms with Crippen LogP contribution in [-0.4, -0.2) is 73.5 Å². The first-order valence-electron chi connectivity index (χ1n) is 15.8. The molecule has 3 heterocycles. The smallest absolute Gasteiger partial charge is 0.366 e. The van der Waals surface area contributed by atoms with Crippen LogP contribution in [0.5, 0.6) is 0 Å². The van der Waals surface area contributed by atoms with Crippen LogP contribution in [0, 0.1) is 67.0 Å². The quantitative estimate of drug-likeness (QED) is 0.150. The zero-order valence-corrected chi connectivity index (χ0v) is 30.9. The number of likely N-dealkylation sites (N-methyl/N-ethyl adjacent to an activating group) is 2. The molecule has 0 aliphatic carbocycles. The Morgan fingerprint density at radius 1 is 0.714 bits per heavy atom. The number of aryl methyl sites for hydroxylation is 2. The zero-order valence-electron chi connectivity index (χ0n) is 30.9. The van der Waals surface area contributed by atoms with Crippen molar-refractivity contribution in [2.75, 3.05) is 26.0 Å². The molecule has 1 N–H and O–H groups in total. The minimum atomic E-state index is -5.13. The second-order valence-electron chi connectivity index (χ2n) is 14.1. The Morgan fingerprint density at radius 2 is 1.27 bits per heavy atom. The van der Waals surface area contributed by atoms with Gasteiger partial charge in [-0.2, -0.15) is 18.3 Å². The summed E-state index contributed by atoms with van der Waals surface area (Å²) in [6, 6.07) is 0. The number of anilines is 1. The summed E-state index contributed by atoms with van der Waals surface area (Å²) in [7, 11) is 3.40. The molecule has 49 heavy (non-hydrogen) atoms. The number of hydrogen-bond donors (Lipinski definition) is 1. The molecular weight excluding hydrogens is 645 g/mol. The highest BCUT2D eigenvalue weighted by molar-refractivity contribution is 5.72. The summed E-state index contributed by atoms with van der Waals surface area (Å²) in [6.07, 6.45) is -5.13. The van der Waals surface area contributed by atoms with Crippen molar-refractivity contribution in [3.05, 3.63) is 62.0 Å². The molecule has 268 valence electrons. The Morgan fingerprint density at radius 3 is 1.76 bits per heavy atom. The van der Waals surface area contributed by atoms with Gasteiger partial charge in [0, 0.05) is 23.7 Å². The average Bonchev–Trinajstić information content (AvgIpc) is 3.52. The van der Waals surface area contributed by atoms with Crippen LogP contribution in [0.2, 0.25) is 0 Å². The van der Waals surface area contributed by atoms with Crippen molar-refractivity contribution >= 4 is 5.82 Å². The van der Waals surface area contributed by atoms with Crippen LogP contribution in [-0.2, 0) is 5.54 Å². The van der Waals surface area contributed by atoms with E-state index in [0.29, 0.717) is 44.3 Å². The van der Waals surface area contributed by atoms with E-state index < -0.39 is 34.6 Å². The summed E-state index contributed by atoms with van der Waals surface area (Å²) in [5.74, 6) is -1.35. The van der Waals surface area contributed by atoms with Crippen LogP contribution in [0.4, 0.5) is 27.8 Å². The van der Waals surface area contributed by atoms with Crippen LogP contribution in [0.15, 0.2) is 4.52 Å². The Bertz CT molecular complexity index is 1910. The molecule has 9 nitrogen and oxygen atoms in total. The highest BCUT2D eigenvalue weighted by atomic mass is 19.4. The number of alkyl halides is 3. The predicted molar refractivity (Wildman–Crippen MR) is 179 cm³/mol. The number of nitrogens with zero attached hydrogens (tertiary/aromatic N) is 7. The molecule has 4 aromatic rings. The van der Waals surface area contributed by atoms with E-state index >= 15 is 8.78 Å². The Labute approximate surface area is 284 Å². The first-order chi connectivity index (χ1) is 22.3. The normalized spacial score (nSPS) is 14.2. The van der Waals surface area contributed by atoms with Crippen molar-refractivity contribution in [2.24, 2.45) is 0 Å². The summed E-state index contributed by atoms with van der Waals surface area (Å²) >= 11 is 0. The van der Waals surface area contributed by atoms with Gasteiger partial charge >= 0.3 is 6.18 Å². The zero-order chi connectivity index (χ0) is 37.5. The van der Waals surface area contributed by atoms with Crippen LogP contribution in [0.1, 0.15) is 78.1 Å². The number of benzene rings is 1. The first kappa shape index (κ1) is 37.9. The van der Waals surface area contributed by atoms with E-state index in [1.165, 1.54) is 14.0 Å². The summed E-state index contributed by atoms with van der Waals surface area (Å²) in [5, 5.41) is 20.3. The summed E-state index contributed by atoms with van der Waals surface area (Å²) in [5.41, 5.74) is -1.11. The SMILES string of the molecule is Cc1nc(-c2nn(C(C)(C)c3c(C)c(C)c(C)c(C)c3F)c(-c3noc(C)c3C)c2C)nc(N(C)C(C)(C)C(O)(N(C)C)C(F)(F)F)c1F. The highest BCUT2D eigenvalue weighted by Crippen LogP contribution is 2.45. The van der Waals surface area contributed by atoms with E-state index in [9.17, 15) is 18.3 Å². The topological polar surface area (TPSA) is 96.3 Å². The lowest BCUT2D eigenvalue weighted by Gasteiger charge is -2.51. The van der Waals surface area contributed by atoms with Gasteiger partial charge in [0.1, 0.15) is 23.0 Å². The number of hydrogen-bond acceptors (Lipinski definition) is 8. The van der Waals surface area contributed by atoms with E-state index in [1.807, 2.05) is 41.5 Å². The van der Waals surface area contributed by atoms with Gasteiger partial charge in [-0.15, -0.1) is 0 Å². The molecule has 3 aromatic heterocycles. The van der Waals surface area contributed by atoms with Gasteiger partial charge in [-0.05, 0) is 119 Å². The minimum Gasteiger partial charge on any atom is -0.366 e. The Balaban J connectivity index is 2.07. The summed E-state index contributed by atoms with van der Waals surface area (Å²) in [4.78, 5) is 10.4. The first-order valence-corrected chi connectivity index (χ1v) is 15.8. The third-order valence-corrected chi connectivity index (χ3v) is 10.5. The molecule has 0 saturated heterocycles. The van der Waals surface area contributed by atoms with Gasteiger partial charge in [-0.3, -0.25) is 9.58 Å². The van der Waals surface area contributed by atoms with Gasteiger partial charge in [0.05, 0.1) is 22.5 Å². The molecule has 0 spiro atoms. The Hall–Kier alpha value is -3.91. The Kier molecular flexibility index (Phi) is 9.40. The van der Waals surface area contributed by atoms with E-state index in [4.69, 9.17) is 9.62 Å². The maximum absolute atomic E-state index is 16.3. The molecule has 14 heteroatoms. The van der Waals surface area contributed by atoms with Crippen molar-refractivity contribution in [3.63, 3.8) is 0 Å². The van der Waals surface area contributed by atoms with E-state index in [1.54, 1.807) is 25.5 Å². The van der Waals surface area contributed by atoms with Crippen LogP contribution in [0.25, 0.3) is 22.9 Å². The molecule has 0 fully saturated rings. The molecule has 0 radical (unpaired) electrons. The molecule has 1 unspecified atom stereocenters. The minimum absolute atomic E-state index is 0.0865. The molecule has 0 aliphatic rings. The number of rotatable bonds is 8. The van der Waals surface area contributed by atoms with Gasteiger partial charge in [0.2, 0.25) is 5.72 Å². The highest BCUT2D eigenvalue weighted by Gasteiger charge is 2.66. The van der Waals surface area contributed by atoms with Crippen molar-refractivity contribution in [1.29, 1.82) is 0 Å². The summed E-state index contributed by atoms with van der Waals surface area (Å²) in [6.45, 7) is 20.0.